The SMILES string of the molecule is CCCCC(CN1CCCCC1)c1ccc(N)cc1. The minimum Gasteiger partial charge on any atom is -0.399 e. The number of anilines is 1. The summed E-state index contributed by atoms with van der Waals surface area (Å²) in [6.07, 6.45) is 8.08. The lowest BCUT2D eigenvalue weighted by Gasteiger charge is -2.30. The minimum atomic E-state index is 0.679. The molecule has 1 aromatic carbocycles. The lowest BCUT2D eigenvalue weighted by molar-refractivity contribution is 0.211. The van der Waals surface area contributed by atoms with Crippen LogP contribution in [0.25, 0.3) is 0 Å². The fraction of sp³-hybridized carbons (Fsp3) is 0.647. The summed E-state index contributed by atoms with van der Waals surface area (Å²) >= 11 is 0. The number of hydrogen-bond acceptors (Lipinski definition) is 2. The molecule has 1 heterocycles. The normalized spacial score (nSPS) is 18.4. The van der Waals surface area contributed by atoms with Crippen molar-refractivity contribution in [3.63, 3.8) is 0 Å². The third-order valence-electron chi connectivity index (χ3n) is 4.24. The third-order valence-corrected chi connectivity index (χ3v) is 4.24. The summed E-state index contributed by atoms with van der Waals surface area (Å²) in [5, 5.41) is 0. The van der Waals surface area contributed by atoms with Gasteiger partial charge in [0.25, 0.3) is 0 Å². The molecule has 0 bridgehead atoms. The molecule has 1 atom stereocenters. The van der Waals surface area contributed by atoms with E-state index in [0.717, 1.165) is 5.69 Å². The Morgan fingerprint density at radius 1 is 1.11 bits per heavy atom. The van der Waals surface area contributed by atoms with Crippen LogP contribution in [-0.4, -0.2) is 24.5 Å². The van der Waals surface area contributed by atoms with Crippen molar-refractivity contribution in [2.24, 2.45) is 0 Å². The van der Waals surface area contributed by atoms with E-state index in [1.807, 2.05) is 12.1 Å². The molecule has 1 unspecified atom stereocenters. The van der Waals surface area contributed by atoms with Crippen LogP contribution < -0.4 is 5.73 Å². The minimum absolute atomic E-state index is 0.679. The van der Waals surface area contributed by atoms with E-state index in [4.69, 9.17) is 5.73 Å². The highest BCUT2D eigenvalue weighted by atomic mass is 15.1. The highest BCUT2D eigenvalue weighted by molar-refractivity contribution is 5.40. The third kappa shape index (κ3) is 4.54. The number of nitrogens with zero attached hydrogens (tertiary/aromatic N) is 1. The van der Waals surface area contributed by atoms with Gasteiger partial charge in [0.2, 0.25) is 0 Å². The van der Waals surface area contributed by atoms with Crippen molar-refractivity contribution in [1.82, 2.24) is 4.90 Å². The Balaban J connectivity index is 1.99. The van der Waals surface area contributed by atoms with Gasteiger partial charge in [-0.25, -0.2) is 0 Å². The van der Waals surface area contributed by atoms with E-state index in [9.17, 15) is 0 Å². The Labute approximate surface area is 118 Å². The molecule has 2 rings (SSSR count). The Morgan fingerprint density at radius 2 is 1.79 bits per heavy atom. The molecule has 1 fully saturated rings. The van der Waals surface area contributed by atoms with E-state index in [0.29, 0.717) is 5.92 Å². The molecule has 0 spiro atoms. The van der Waals surface area contributed by atoms with Gasteiger partial charge in [-0.3, -0.25) is 0 Å². The summed E-state index contributed by atoms with van der Waals surface area (Å²) in [5.41, 5.74) is 8.14. The first-order valence-corrected chi connectivity index (χ1v) is 7.87. The van der Waals surface area contributed by atoms with Crippen molar-refractivity contribution in [3.8, 4) is 0 Å². The maximum absolute atomic E-state index is 5.80. The highest BCUT2D eigenvalue weighted by Crippen LogP contribution is 2.25. The van der Waals surface area contributed by atoms with Crippen molar-refractivity contribution in [1.29, 1.82) is 0 Å². The zero-order valence-electron chi connectivity index (χ0n) is 12.3. The second kappa shape index (κ2) is 7.54. The Morgan fingerprint density at radius 3 is 2.42 bits per heavy atom. The van der Waals surface area contributed by atoms with Crippen LogP contribution in [0.1, 0.15) is 56.9 Å². The fourth-order valence-corrected chi connectivity index (χ4v) is 3.04. The van der Waals surface area contributed by atoms with Gasteiger partial charge < -0.3 is 10.6 Å². The number of hydrogen-bond donors (Lipinski definition) is 1. The average molecular weight is 260 g/mol. The van der Waals surface area contributed by atoms with Crippen molar-refractivity contribution >= 4 is 5.69 Å². The van der Waals surface area contributed by atoms with Crippen LogP contribution in [-0.2, 0) is 0 Å². The van der Waals surface area contributed by atoms with Crippen LogP contribution >= 0.6 is 0 Å². The summed E-state index contributed by atoms with van der Waals surface area (Å²) < 4.78 is 0. The molecule has 0 amide bonds. The molecule has 2 N–H and O–H groups in total. The molecule has 0 saturated carbocycles. The highest BCUT2D eigenvalue weighted by Gasteiger charge is 2.17. The molecule has 106 valence electrons. The lowest BCUT2D eigenvalue weighted by atomic mass is 9.92. The Hall–Kier alpha value is -1.02. The van der Waals surface area contributed by atoms with Gasteiger partial charge in [-0.15, -0.1) is 0 Å². The van der Waals surface area contributed by atoms with Crippen molar-refractivity contribution in [3.05, 3.63) is 29.8 Å². The molecular weight excluding hydrogens is 232 g/mol. The van der Waals surface area contributed by atoms with Crippen LogP contribution in [0.3, 0.4) is 0 Å². The van der Waals surface area contributed by atoms with E-state index < -0.39 is 0 Å². The number of nitrogens with two attached hydrogens (primary N) is 1. The summed E-state index contributed by atoms with van der Waals surface area (Å²) in [7, 11) is 0. The van der Waals surface area contributed by atoms with Crippen LogP contribution in [0.2, 0.25) is 0 Å². The summed E-state index contributed by atoms with van der Waals surface area (Å²) in [5.74, 6) is 0.679. The maximum Gasteiger partial charge on any atom is 0.0314 e. The topological polar surface area (TPSA) is 29.3 Å². The zero-order valence-corrected chi connectivity index (χ0v) is 12.3. The van der Waals surface area contributed by atoms with Gasteiger partial charge in [0.1, 0.15) is 0 Å². The van der Waals surface area contributed by atoms with E-state index in [1.54, 1.807) is 0 Å². The predicted octanol–water partition coefficient (Wildman–Crippen LogP) is 4.03. The quantitative estimate of drug-likeness (QED) is 0.782. The Kier molecular flexibility index (Phi) is 5.71. The number of benzene rings is 1. The van der Waals surface area contributed by atoms with Gasteiger partial charge in [-0.1, -0.05) is 38.3 Å². The number of rotatable bonds is 6. The lowest BCUT2D eigenvalue weighted by Crippen LogP contribution is -2.33. The fourth-order valence-electron chi connectivity index (χ4n) is 3.04. The summed E-state index contributed by atoms with van der Waals surface area (Å²) in [6, 6.07) is 8.54. The van der Waals surface area contributed by atoms with Crippen LogP contribution in [0.5, 0.6) is 0 Å². The molecule has 0 aliphatic carbocycles. The van der Waals surface area contributed by atoms with Gasteiger partial charge >= 0.3 is 0 Å². The Bertz CT molecular complexity index is 352. The first-order chi connectivity index (χ1) is 9.29. The largest absolute Gasteiger partial charge is 0.399 e. The second-order valence-corrected chi connectivity index (χ2v) is 5.87. The molecule has 19 heavy (non-hydrogen) atoms. The molecule has 1 aliphatic heterocycles. The number of piperidine rings is 1. The molecule has 0 radical (unpaired) electrons. The molecule has 1 aromatic rings. The molecule has 1 aliphatic rings. The van der Waals surface area contributed by atoms with Crippen molar-refractivity contribution in [2.45, 2.75) is 51.4 Å². The number of nitrogen functional groups attached to an aromatic ring is 1. The molecule has 2 heteroatoms. The number of likely N-dealkylation sites (tertiary alicyclic amines) is 1. The average Bonchev–Trinajstić information content (AvgIpc) is 2.45. The first-order valence-electron chi connectivity index (χ1n) is 7.87. The zero-order chi connectivity index (χ0) is 13.5. The van der Waals surface area contributed by atoms with Crippen LogP contribution in [0.4, 0.5) is 5.69 Å². The van der Waals surface area contributed by atoms with E-state index in [1.165, 1.54) is 63.7 Å². The smallest absolute Gasteiger partial charge is 0.0314 e. The van der Waals surface area contributed by atoms with Gasteiger partial charge in [-0.05, 0) is 56.0 Å². The van der Waals surface area contributed by atoms with Crippen molar-refractivity contribution < 1.29 is 0 Å². The molecule has 2 nitrogen and oxygen atoms in total. The second-order valence-electron chi connectivity index (χ2n) is 5.87. The van der Waals surface area contributed by atoms with Gasteiger partial charge in [0, 0.05) is 12.2 Å². The van der Waals surface area contributed by atoms with Gasteiger partial charge in [0.15, 0.2) is 0 Å². The summed E-state index contributed by atoms with van der Waals surface area (Å²) in [6.45, 7) is 6.08. The number of unbranched alkanes of at least 4 members (excludes halogenated alkanes) is 1. The van der Waals surface area contributed by atoms with Gasteiger partial charge in [0.05, 0.1) is 0 Å². The molecule has 1 saturated heterocycles. The first kappa shape index (κ1) is 14.4. The predicted molar refractivity (Wildman–Crippen MR) is 83.4 cm³/mol. The van der Waals surface area contributed by atoms with Gasteiger partial charge in [-0.2, -0.15) is 0 Å². The van der Waals surface area contributed by atoms with Crippen LogP contribution in [0.15, 0.2) is 24.3 Å². The van der Waals surface area contributed by atoms with Crippen LogP contribution in [0, 0.1) is 0 Å². The molecular formula is C17H28N2. The van der Waals surface area contributed by atoms with Crippen molar-refractivity contribution in [2.75, 3.05) is 25.4 Å². The summed E-state index contributed by atoms with van der Waals surface area (Å²) in [4.78, 5) is 2.65. The molecule has 0 aromatic heterocycles. The van der Waals surface area contributed by atoms with E-state index in [-0.39, 0.29) is 0 Å². The maximum atomic E-state index is 5.80. The van der Waals surface area contributed by atoms with E-state index >= 15 is 0 Å². The standard InChI is InChI=1S/C17H28N2/c1-2-3-7-16(14-19-12-5-4-6-13-19)15-8-10-17(18)11-9-15/h8-11,16H,2-7,12-14,18H2,1H3. The van der Waals surface area contributed by atoms with E-state index in [2.05, 4.69) is 24.0 Å². The monoisotopic (exact) mass is 260 g/mol.